The molecule has 0 aromatic heterocycles. The summed E-state index contributed by atoms with van der Waals surface area (Å²) >= 11 is 0. The van der Waals surface area contributed by atoms with Gasteiger partial charge in [-0.15, -0.1) is 0 Å². The summed E-state index contributed by atoms with van der Waals surface area (Å²) < 4.78 is 31.8. The Morgan fingerprint density at radius 2 is 1.68 bits per heavy atom. The molecule has 0 fully saturated rings. The van der Waals surface area contributed by atoms with Crippen molar-refractivity contribution in [2.45, 2.75) is 59.5 Å². The fourth-order valence-electron chi connectivity index (χ4n) is 3.95. The Bertz CT molecular complexity index is 1190. The number of carbonyl (C=O) groups excluding carboxylic acids is 1. The van der Waals surface area contributed by atoms with Crippen molar-refractivity contribution in [3.05, 3.63) is 62.7 Å². The second-order valence-corrected chi connectivity index (χ2v) is 10.7. The van der Waals surface area contributed by atoms with Gasteiger partial charge in [-0.05, 0) is 68.0 Å². The molecule has 1 amide bonds. The van der Waals surface area contributed by atoms with Gasteiger partial charge in [0.2, 0.25) is 15.9 Å². The lowest BCUT2D eigenvalue weighted by Gasteiger charge is -2.30. The van der Waals surface area contributed by atoms with Crippen LogP contribution in [0.1, 0.15) is 61.9 Å². The first-order chi connectivity index (χ1) is 15.7. The van der Waals surface area contributed by atoms with Crippen LogP contribution < -0.4 is 14.4 Å². The quantitative estimate of drug-likeness (QED) is 0.411. The second-order valence-electron chi connectivity index (χ2n) is 8.80. The molecule has 0 aliphatic rings. The maximum atomic E-state index is 13.2. The molecule has 1 N–H and O–H groups in total. The van der Waals surface area contributed by atoms with E-state index in [0.717, 1.165) is 33.0 Å². The number of aryl methyl sites for hydroxylation is 2. The fraction of sp³-hybridized carbons (Fsp3) is 0.458. The Labute approximate surface area is 201 Å². The number of nitrogens with zero attached hydrogens (tertiary/aromatic N) is 2. The van der Waals surface area contributed by atoms with Gasteiger partial charge in [0.15, 0.2) is 0 Å². The van der Waals surface area contributed by atoms with Crippen LogP contribution in [0.2, 0.25) is 0 Å². The number of rotatable bonds is 9. The van der Waals surface area contributed by atoms with Crippen LogP contribution >= 0.6 is 0 Å². The van der Waals surface area contributed by atoms with Crippen molar-refractivity contribution >= 4 is 27.3 Å². The average molecular weight is 492 g/mol. The Balaban J connectivity index is 2.42. The van der Waals surface area contributed by atoms with Gasteiger partial charge in [0.05, 0.1) is 30.0 Å². The maximum Gasteiger partial charge on any atom is 0.271 e. The van der Waals surface area contributed by atoms with Crippen molar-refractivity contribution in [2.24, 2.45) is 0 Å². The SMILES string of the molecule is COc1cc(C)c(C(C)NC(=O)C(C)N(c2cc([N+](=O)[O-])ccc2C)S(C)(=O)=O)cc1C(C)C. The molecule has 34 heavy (non-hydrogen) atoms. The van der Waals surface area contributed by atoms with E-state index in [1.807, 2.05) is 39.8 Å². The number of non-ortho nitro benzene ring substituents is 1. The number of amides is 1. The molecule has 9 nitrogen and oxygen atoms in total. The van der Waals surface area contributed by atoms with Gasteiger partial charge < -0.3 is 10.1 Å². The predicted molar refractivity (Wildman–Crippen MR) is 133 cm³/mol. The molecular weight excluding hydrogens is 458 g/mol. The normalized spacial score (nSPS) is 13.3. The number of nitro groups is 1. The van der Waals surface area contributed by atoms with Gasteiger partial charge in [0, 0.05) is 12.1 Å². The molecular formula is C24H33N3O6S. The molecule has 0 aliphatic heterocycles. The van der Waals surface area contributed by atoms with Crippen LogP contribution in [0.15, 0.2) is 30.3 Å². The van der Waals surface area contributed by atoms with E-state index >= 15 is 0 Å². The van der Waals surface area contributed by atoms with E-state index in [1.165, 1.54) is 25.1 Å². The lowest BCUT2D eigenvalue weighted by atomic mass is 9.93. The average Bonchev–Trinajstić information content (AvgIpc) is 2.73. The van der Waals surface area contributed by atoms with Crippen LogP contribution in [0.25, 0.3) is 0 Å². The zero-order chi connectivity index (χ0) is 26.0. The van der Waals surface area contributed by atoms with E-state index in [1.54, 1.807) is 14.0 Å². The first kappa shape index (κ1) is 27.1. The highest BCUT2D eigenvalue weighted by Crippen LogP contribution is 2.33. The van der Waals surface area contributed by atoms with Crippen LogP contribution in [0.4, 0.5) is 11.4 Å². The Hall–Kier alpha value is -3.14. The largest absolute Gasteiger partial charge is 0.496 e. The zero-order valence-corrected chi connectivity index (χ0v) is 21.7. The standard InChI is InChI=1S/C24H33N3O6S/c1-14(2)20-13-21(16(4)11-23(20)33-7)17(5)25-24(28)18(6)26(34(8,31)32)22-12-19(27(29)30)10-9-15(22)3/h9-14,17-18H,1-8H3,(H,25,28). The molecule has 186 valence electrons. The molecule has 0 aliphatic carbocycles. The molecule has 0 bridgehead atoms. The number of nitrogens with one attached hydrogen (secondary N) is 1. The lowest BCUT2D eigenvalue weighted by Crippen LogP contribution is -2.48. The highest BCUT2D eigenvalue weighted by Gasteiger charge is 2.32. The number of hydrogen-bond acceptors (Lipinski definition) is 6. The lowest BCUT2D eigenvalue weighted by molar-refractivity contribution is -0.384. The fourth-order valence-corrected chi connectivity index (χ4v) is 5.18. The van der Waals surface area contributed by atoms with Gasteiger partial charge in [-0.3, -0.25) is 19.2 Å². The molecule has 2 atom stereocenters. The molecule has 0 heterocycles. The summed E-state index contributed by atoms with van der Waals surface area (Å²) in [4.78, 5) is 23.8. The maximum absolute atomic E-state index is 13.2. The van der Waals surface area contributed by atoms with Gasteiger partial charge in [0.25, 0.3) is 5.69 Å². The highest BCUT2D eigenvalue weighted by atomic mass is 32.2. The van der Waals surface area contributed by atoms with Crippen molar-refractivity contribution in [3.8, 4) is 5.75 Å². The van der Waals surface area contributed by atoms with E-state index in [-0.39, 0.29) is 17.3 Å². The molecule has 0 radical (unpaired) electrons. The molecule has 2 aromatic rings. The van der Waals surface area contributed by atoms with E-state index in [2.05, 4.69) is 5.32 Å². The van der Waals surface area contributed by atoms with Crippen molar-refractivity contribution in [1.82, 2.24) is 5.32 Å². The zero-order valence-electron chi connectivity index (χ0n) is 20.9. The van der Waals surface area contributed by atoms with Crippen LogP contribution in [0.5, 0.6) is 5.75 Å². The number of methoxy groups -OCH3 is 1. The van der Waals surface area contributed by atoms with Crippen molar-refractivity contribution < 1.29 is 22.9 Å². The molecule has 2 unspecified atom stereocenters. The summed E-state index contributed by atoms with van der Waals surface area (Å²) in [5.74, 6) is 0.450. The number of sulfonamides is 1. The van der Waals surface area contributed by atoms with Crippen LogP contribution in [-0.4, -0.2) is 38.7 Å². The van der Waals surface area contributed by atoms with Crippen LogP contribution in [0.3, 0.4) is 0 Å². The molecule has 2 aromatic carbocycles. The number of ether oxygens (including phenoxy) is 1. The number of hydrogen-bond donors (Lipinski definition) is 1. The van der Waals surface area contributed by atoms with Gasteiger partial charge in [0.1, 0.15) is 11.8 Å². The van der Waals surface area contributed by atoms with Gasteiger partial charge >= 0.3 is 0 Å². The van der Waals surface area contributed by atoms with Gasteiger partial charge in [-0.25, -0.2) is 8.42 Å². The summed E-state index contributed by atoms with van der Waals surface area (Å²) in [6, 6.07) is 6.30. The van der Waals surface area contributed by atoms with E-state index in [9.17, 15) is 23.3 Å². The van der Waals surface area contributed by atoms with Crippen molar-refractivity contribution in [3.63, 3.8) is 0 Å². The minimum atomic E-state index is -3.93. The third-order valence-corrected chi connectivity index (χ3v) is 7.02. The third kappa shape index (κ3) is 5.85. The molecule has 0 saturated heterocycles. The van der Waals surface area contributed by atoms with Gasteiger partial charge in [-0.1, -0.05) is 19.9 Å². The first-order valence-corrected chi connectivity index (χ1v) is 12.8. The second kappa shape index (κ2) is 10.4. The smallest absolute Gasteiger partial charge is 0.271 e. The molecule has 10 heteroatoms. The van der Waals surface area contributed by atoms with Crippen LogP contribution in [0, 0.1) is 24.0 Å². The van der Waals surface area contributed by atoms with E-state index in [0.29, 0.717) is 5.56 Å². The van der Waals surface area contributed by atoms with Crippen molar-refractivity contribution in [2.75, 3.05) is 17.7 Å². The number of benzene rings is 2. The third-order valence-electron chi connectivity index (χ3n) is 5.80. The monoisotopic (exact) mass is 491 g/mol. The highest BCUT2D eigenvalue weighted by molar-refractivity contribution is 7.92. The predicted octanol–water partition coefficient (Wildman–Crippen LogP) is 4.38. The van der Waals surface area contributed by atoms with Crippen molar-refractivity contribution in [1.29, 1.82) is 0 Å². The molecule has 2 rings (SSSR count). The minimum absolute atomic E-state index is 0.0923. The Morgan fingerprint density at radius 1 is 1.06 bits per heavy atom. The van der Waals surface area contributed by atoms with E-state index < -0.39 is 32.9 Å². The first-order valence-electron chi connectivity index (χ1n) is 10.9. The Kier molecular flexibility index (Phi) is 8.31. The summed E-state index contributed by atoms with van der Waals surface area (Å²) in [7, 11) is -2.32. The minimum Gasteiger partial charge on any atom is -0.496 e. The number of carbonyl (C=O) groups is 1. The van der Waals surface area contributed by atoms with Gasteiger partial charge in [-0.2, -0.15) is 0 Å². The topological polar surface area (TPSA) is 119 Å². The summed E-state index contributed by atoms with van der Waals surface area (Å²) in [5, 5.41) is 14.1. The summed E-state index contributed by atoms with van der Waals surface area (Å²) in [6.07, 6.45) is 0.973. The summed E-state index contributed by atoms with van der Waals surface area (Å²) in [6.45, 7) is 10.9. The Morgan fingerprint density at radius 3 is 2.18 bits per heavy atom. The number of nitro benzene ring substituents is 1. The molecule has 0 spiro atoms. The van der Waals surface area contributed by atoms with E-state index in [4.69, 9.17) is 4.74 Å². The number of anilines is 1. The summed E-state index contributed by atoms with van der Waals surface area (Å²) in [5.41, 5.74) is 3.15. The van der Waals surface area contributed by atoms with Crippen LogP contribution in [-0.2, 0) is 14.8 Å². The molecule has 0 saturated carbocycles.